The molecule has 0 amide bonds. The summed E-state index contributed by atoms with van der Waals surface area (Å²) in [5.41, 5.74) is 2.43. The zero-order valence-electron chi connectivity index (χ0n) is 17.1. The summed E-state index contributed by atoms with van der Waals surface area (Å²) in [6.07, 6.45) is 1.17. The molecule has 1 aromatic carbocycles. The lowest BCUT2D eigenvalue weighted by Gasteiger charge is -2.38. The first-order valence-electron chi connectivity index (χ1n) is 9.78. The number of aromatic amines is 1. The molecule has 0 saturated carbocycles. The molecule has 2 aliphatic rings. The van der Waals surface area contributed by atoms with Crippen LogP contribution in [0.25, 0.3) is 0 Å². The number of carbonyl (C=O) groups is 1. The zero-order valence-corrected chi connectivity index (χ0v) is 17.9. The van der Waals surface area contributed by atoms with E-state index in [0.717, 1.165) is 23.4 Å². The van der Waals surface area contributed by atoms with Crippen molar-refractivity contribution in [1.29, 1.82) is 0 Å². The summed E-state index contributed by atoms with van der Waals surface area (Å²) < 4.78 is 5.58. The highest BCUT2D eigenvalue weighted by atomic mass is 32.2. The van der Waals surface area contributed by atoms with Crippen LogP contribution in [0, 0.1) is 5.41 Å². The number of aromatic nitrogens is 2. The van der Waals surface area contributed by atoms with Crippen LogP contribution in [0.3, 0.4) is 0 Å². The molecule has 29 heavy (non-hydrogen) atoms. The van der Waals surface area contributed by atoms with Crippen molar-refractivity contribution in [3.05, 3.63) is 57.0 Å². The lowest BCUT2D eigenvalue weighted by atomic mass is 9.69. The smallest absolute Gasteiger partial charge is 0.257 e. The Morgan fingerprint density at radius 3 is 2.72 bits per heavy atom. The number of anilines is 1. The van der Waals surface area contributed by atoms with Gasteiger partial charge in [-0.1, -0.05) is 50.7 Å². The standard InChI is InChI=1S/C22H25N3O3S/c1-5-29-21-24-19-18(20(27)25-21)16(12-8-6-7-9-15(12)28-4)17-13(23-19)10-22(2,3)11-14(17)26/h6-9,16H,5,10-11H2,1-4H3,(H2,23,24,25,27)/t16-/m0/s1. The monoisotopic (exact) mass is 411 g/mol. The number of thioether (sulfide) groups is 1. The Balaban J connectivity index is 1.99. The van der Waals surface area contributed by atoms with Crippen molar-refractivity contribution >= 4 is 23.4 Å². The van der Waals surface area contributed by atoms with Crippen LogP contribution in [0.15, 0.2) is 45.5 Å². The van der Waals surface area contributed by atoms with Crippen LogP contribution >= 0.6 is 11.8 Å². The largest absolute Gasteiger partial charge is 0.496 e. The maximum absolute atomic E-state index is 13.2. The predicted molar refractivity (Wildman–Crippen MR) is 115 cm³/mol. The zero-order chi connectivity index (χ0) is 20.8. The molecule has 0 spiro atoms. The number of rotatable bonds is 4. The van der Waals surface area contributed by atoms with Gasteiger partial charge in [0.1, 0.15) is 11.6 Å². The van der Waals surface area contributed by atoms with Crippen LogP contribution in [-0.2, 0) is 4.79 Å². The van der Waals surface area contributed by atoms with Crippen molar-refractivity contribution in [1.82, 2.24) is 9.97 Å². The van der Waals surface area contributed by atoms with Gasteiger partial charge in [0.15, 0.2) is 10.9 Å². The molecule has 1 aromatic heterocycles. The average molecular weight is 412 g/mol. The third-order valence-electron chi connectivity index (χ3n) is 5.43. The van der Waals surface area contributed by atoms with Gasteiger partial charge in [-0.2, -0.15) is 0 Å². The molecular weight excluding hydrogens is 386 g/mol. The van der Waals surface area contributed by atoms with Gasteiger partial charge in [0.2, 0.25) is 0 Å². The third-order valence-corrected chi connectivity index (χ3v) is 6.19. The fraction of sp³-hybridized carbons (Fsp3) is 0.409. The second-order valence-corrected chi connectivity index (χ2v) is 9.45. The molecule has 0 unspecified atom stereocenters. The number of hydrogen-bond acceptors (Lipinski definition) is 6. The molecule has 1 atom stereocenters. The van der Waals surface area contributed by atoms with Gasteiger partial charge in [-0.05, 0) is 23.7 Å². The highest BCUT2D eigenvalue weighted by Crippen LogP contribution is 2.49. The van der Waals surface area contributed by atoms with E-state index in [2.05, 4.69) is 29.1 Å². The molecule has 0 bridgehead atoms. The highest BCUT2D eigenvalue weighted by molar-refractivity contribution is 7.99. The number of allylic oxidation sites excluding steroid dienone is 2. The van der Waals surface area contributed by atoms with Crippen molar-refractivity contribution in [3.63, 3.8) is 0 Å². The SMILES string of the molecule is CCSc1nc2c(c(=O)[nH]1)[C@@H](c1ccccc1OC)C1=C(CC(C)(C)CC1=O)N2. The van der Waals surface area contributed by atoms with E-state index >= 15 is 0 Å². The van der Waals surface area contributed by atoms with E-state index in [9.17, 15) is 9.59 Å². The predicted octanol–water partition coefficient (Wildman–Crippen LogP) is 4.09. The number of fused-ring (bicyclic) bond motifs is 1. The first-order chi connectivity index (χ1) is 13.8. The molecular formula is C22H25N3O3S. The Bertz CT molecular complexity index is 1070. The van der Waals surface area contributed by atoms with E-state index < -0.39 is 5.92 Å². The van der Waals surface area contributed by atoms with Crippen LogP contribution in [0.1, 0.15) is 50.7 Å². The lowest BCUT2D eigenvalue weighted by molar-refractivity contribution is -0.118. The number of Topliss-reactive ketones (excluding diaryl/α,β-unsaturated/α-hetero) is 1. The van der Waals surface area contributed by atoms with E-state index in [0.29, 0.717) is 34.3 Å². The van der Waals surface area contributed by atoms with Crippen LogP contribution < -0.4 is 15.6 Å². The van der Waals surface area contributed by atoms with Crippen molar-refractivity contribution < 1.29 is 9.53 Å². The van der Waals surface area contributed by atoms with Gasteiger partial charge in [-0.15, -0.1) is 0 Å². The summed E-state index contributed by atoms with van der Waals surface area (Å²) >= 11 is 1.48. The topological polar surface area (TPSA) is 84.1 Å². The van der Waals surface area contributed by atoms with Crippen molar-refractivity contribution in [2.45, 2.75) is 44.7 Å². The van der Waals surface area contributed by atoms with E-state index in [1.807, 2.05) is 31.2 Å². The van der Waals surface area contributed by atoms with E-state index in [4.69, 9.17) is 4.74 Å². The second-order valence-electron chi connectivity index (χ2n) is 8.20. The number of H-pyrrole nitrogens is 1. The average Bonchev–Trinajstić information content (AvgIpc) is 2.65. The first-order valence-corrected chi connectivity index (χ1v) is 10.8. The summed E-state index contributed by atoms with van der Waals surface area (Å²) in [4.78, 5) is 33.9. The number of carbonyl (C=O) groups excluding carboxylic acids is 1. The summed E-state index contributed by atoms with van der Waals surface area (Å²) in [6, 6.07) is 7.57. The fourth-order valence-electron chi connectivity index (χ4n) is 4.31. The normalized spacial score (nSPS) is 20.0. The first kappa shape index (κ1) is 19.8. The number of benzene rings is 1. The van der Waals surface area contributed by atoms with E-state index in [1.54, 1.807) is 7.11 Å². The molecule has 7 heteroatoms. The number of para-hydroxylation sites is 1. The molecule has 0 saturated heterocycles. The maximum atomic E-state index is 13.2. The number of ether oxygens (including phenoxy) is 1. The summed E-state index contributed by atoms with van der Waals surface area (Å²) in [7, 11) is 1.60. The Hall–Kier alpha value is -2.54. The minimum Gasteiger partial charge on any atom is -0.496 e. The van der Waals surface area contributed by atoms with Gasteiger partial charge in [0.05, 0.1) is 18.6 Å². The number of ketones is 1. The third kappa shape index (κ3) is 3.48. The van der Waals surface area contributed by atoms with Gasteiger partial charge in [-0.25, -0.2) is 4.98 Å². The highest BCUT2D eigenvalue weighted by Gasteiger charge is 2.43. The molecule has 152 valence electrons. The minimum absolute atomic E-state index is 0.0664. The van der Waals surface area contributed by atoms with Gasteiger partial charge < -0.3 is 15.0 Å². The Morgan fingerprint density at radius 1 is 1.24 bits per heavy atom. The minimum atomic E-state index is -0.502. The van der Waals surface area contributed by atoms with Crippen molar-refractivity contribution in [2.24, 2.45) is 5.41 Å². The molecule has 1 aliphatic carbocycles. The number of nitrogens with zero attached hydrogens (tertiary/aromatic N) is 1. The Kier molecular flexibility index (Phi) is 5.02. The molecule has 2 aromatic rings. The van der Waals surface area contributed by atoms with Gasteiger partial charge >= 0.3 is 0 Å². The lowest BCUT2D eigenvalue weighted by Crippen LogP contribution is -2.37. The van der Waals surface area contributed by atoms with Gasteiger partial charge in [-0.3, -0.25) is 9.59 Å². The second kappa shape index (κ2) is 7.37. The van der Waals surface area contributed by atoms with Crippen LogP contribution in [0.5, 0.6) is 5.75 Å². The molecule has 2 heterocycles. The van der Waals surface area contributed by atoms with Crippen molar-refractivity contribution in [2.75, 3.05) is 18.2 Å². The molecule has 0 fully saturated rings. The number of hydrogen-bond donors (Lipinski definition) is 2. The fourth-order valence-corrected chi connectivity index (χ4v) is 4.91. The summed E-state index contributed by atoms with van der Waals surface area (Å²) in [6.45, 7) is 6.19. The quantitative estimate of drug-likeness (QED) is 0.582. The van der Waals surface area contributed by atoms with Crippen LogP contribution in [0.4, 0.5) is 5.82 Å². The van der Waals surface area contributed by atoms with Gasteiger partial charge in [0.25, 0.3) is 5.56 Å². The van der Waals surface area contributed by atoms with Gasteiger partial charge in [0, 0.05) is 23.3 Å². The molecule has 4 rings (SSSR count). The molecule has 0 radical (unpaired) electrons. The molecule has 2 N–H and O–H groups in total. The molecule has 6 nitrogen and oxygen atoms in total. The summed E-state index contributed by atoms with van der Waals surface area (Å²) in [5.74, 6) is 1.55. The Morgan fingerprint density at radius 2 is 2.00 bits per heavy atom. The number of methoxy groups -OCH3 is 1. The van der Waals surface area contributed by atoms with Crippen molar-refractivity contribution in [3.8, 4) is 5.75 Å². The maximum Gasteiger partial charge on any atom is 0.257 e. The van der Waals surface area contributed by atoms with E-state index in [-0.39, 0.29) is 16.8 Å². The molecule has 1 aliphatic heterocycles. The summed E-state index contributed by atoms with van der Waals surface area (Å²) in [5, 5.41) is 3.91. The Labute approximate surface area is 174 Å². The number of nitrogens with one attached hydrogen (secondary N) is 2. The van der Waals surface area contributed by atoms with E-state index in [1.165, 1.54) is 11.8 Å². The van der Waals surface area contributed by atoms with Crippen LogP contribution in [-0.4, -0.2) is 28.6 Å². The van der Waals surface area contributed by atoms with Crippen LogP contribution in [0.2, 0.25) is 0 Å².